The zero-order chi connectivity index (χ0) is 10.2. The smallest absolute Gasteiger partial charge is 0.358 e. The van der Waals surface area contributed by atoms with Gasteiger partial charge in [0.1, 0.15) is 0 Å². The average Bonchev–Trinajstić information content (AvgIpc) is 2.21. The molecular weight excluding hydrogens is 478 g/mol. The van der Waals surface area contributed by atoms with Gasteiger partial charge in [-0.2, -0.15) is 71.8 Å². The first kappa shape index (κ1) is 31.6. The van der Waals surface area contributed by atoms with E-state index >= 15 is 0 Å². The Bertz CT molecular complexity index is 312. The van der Waals surface area contributed by atoms with E-state index in [-0.39, 0.29) is 73.0 Å². The Morgan fingerprint density at radius 1 is 0.632 bits per heavy atom. The molecule has 0 saturated heterocycles. The van der Waals surface area contributed by atoms with Crippen molar-refractivity contribution in [2.75, 3.05) is 0 Å². The van der Waals surface area contributed by atoms with Gasteiger partial charge in [0.05, 0.1) is 0 Å². The van der Waals surface area contributed by atoms with Crippen LogP contribution in [-0.4, -0.2) is 0 Å². The van der Waals surface area contributed by atoms with E-state index in [0.29, 0.717) is 0 Å². The second kappa shape index (κ2) is 20.6. The molecule has 2 aromatic carbocycles. The van der Waals surface area contributed by atoms with Crippen LogP contribution in [0.2, 0.25) is 0 Å². The van der Waals surface area contributed by atoms with Gasteiger partial charge in [0.15, 0.2) is 0 Å². The van der Waals surface area contributed by atoms with Gasteiger partial charge in [-0.1, -0.05) is 13.8 Å². The first-order valence-electron chi connectivity index (χ1n) is 4.64. The van der Waals surface area contributed by atoms with Gasteiger partial charge in [-0.15, -0.1) is 0 Å². The largest absolute Gasteiger partial charge is 2.00 e. The van der Waals surface area contributed by atoms with Gasteiger partial charge in [0.25, 0.3) is 0 Å². The SMILES string of the molecule is Cc1cc[c-]cc1.Cc1cc[c-]cc1.[CH3-].[CH3-].[V].[V].[W+2]. The first-order chi connectivity index (χ1) is 6.79. The van der Waals surface area contributed by atoms with Gasteiger partial charge >= 0.3 is 21.1 Å². The molecule has 0 spiro atoms. The van der Waals surface area contributed by atoms with Gasteiger partial charge in [-0.3, -0.25) is 0 Å². The number of aryl methyl sites for hydroxylation is 2. The molecule has 0 aliphatic carbocycles. The van der Waals surface area contributed by atoms with Crippen molar-refractivity contribution in [3.8, 4) is 0 Å². The van der Waals surface area contributed by atoms with Gasteiger partial charge in [0, 0.05) is 37.1 Å². The van der Waals surface area contributed by atoms with Crippen molar-refractivity contribution in [1.82, 2.24) is 0 Å². The summed E-state index contributed by atoms with van der Waals surface area (Å²) in [4.78, 5) is 0. The maximum absolute atomic E-state index is 2.93. The molecule has 0 heterocycles. The molecule has 0 atom stereocenters. The summed E-state index contributed by atoms with van der Waals surface area (Å²) in [5, 5.41) is 0. The Balaban J connectivity index is -0.0000000544. The maximum atomic E-state index is 2.93. The van der Waals surface area contributed by atoms with Crippen molar-refractivity contribution < 1.29 is 58.2 Å². The third-order valence-electron chi connectivity index (χ3n) is 1.77. The van der Waals surface area contributed by atoms with Crippen molar-refractivity contribution in [1.29, 1.82) is 0 Å². The molecule has 0 N–H and O–H groups in total. The number of benzene rings is 2. The van der Waals surface area contributed by atoms with Crippen LogP contribution < -0.4 is 0 Å². The monoisotopic (exact) mass is 498 g/mol. The summed E-state index contributed by atoms with van der Waals surface area (Å²) in [6.45, 7) is 4.13. The average molecular weight is 498 g/mol. The third kappa shape index (κ3) is 18.3. The topological polar surface area (TPSA) is 0 Å². The molecule has 0 aliphatic rings. The summed E-state index contributed by atoms with van der Waals surface area (Å²) in [7, 11) is 0. The molecule has 3 heteroatoms. The molecule has 102 valence electrons. The minimum absolute atomic E-state index is 0. The Hall–Kier alpha value is 0.297. The van der Waals surface area contributed by atoms with Crippen LogP contribution in [0.3, 0.4) is 0 Å². The van der Waals surface area contributed by atoms with E-state index in [2.05, 4.69) is 26.0 Å². The maximum Gasteiger partial charge on any atom is 2.00 e. The molecule has 0 saturated carbocycles. The van der Waals surface area contributed by atoms with E-state index in [0.717, 1.165) is 0 Å². The molecule has 0 aliphatic heterocycles. The van der Waals surface area contributed by atoms with Crippen LogP contribution in [0.25, 0.3) is 0 Å². The zero-order valence-electron chi connectivity index (χ0n) is 11.9. The van der Waals surface area contributed by atoms with Crippen molar-refractivity contribution in [3.05, 3.63) is 86.6 Å². The zero-order valence-corrected chi connectivity index (χ0v) is 17.6. The minimum atomic E-state index is 0. The molecule has 0 nitrogen and oxygen atoms in total. The summed E-state index contributed by atoms with van der Waals surface area (Å²) in [5.41, 5.74) is 2.58. The fraction of sp³-hybridized carbons (Fsp3) is 0.125. The number of hydrogen-bond acceptors (Lipinski definition) is 0. The molecule has 0 fully saturated rings. The molecule has 2 rings (SSSR count). The summed E-state index contributed by atoms with van der Waals surface area (Å²) < 4.78 is 0. The molecule has 0 unspecified atom stereocenters. The molecule has 0 bridgehead atoms. The van der Waals surface area contributed by atoms with E-state index in [9.17, 15) is 0 Å². The molecule has 19 heavy (non-hydrogen) atoms. The quantitative estimate of drug-likeness (QED) is 0.471. The third-order valence-corrected chi connectivity index (χ3v) is 1.77. The molecule has 2 aromatic rings. The van der Waals surface area contributed by atoms with Crippen LogP contribution in [0.5, 0.6) is 0 Å². The van der Waals surface area contributed by atoms with E-state index < -0.39 is 0 Å². The van der Waals surface area contributed by atoms with E-state index in [4.69, 9.17) is 0 Å². The molecule has 0 amide bonds. The molecule has 2 radical (unpaired) electrons. The van der Waals surface area contributed by atoms with E-state index in [1.807, 2.05) is 48.5 Å². The normalized spacial score (nSPS) is 6.42. The fourth-order valence-corrected chi connectivity index (χ4v) is 0.940. The summed E-state index contributed by atoms with van der Waals surface area (Å²) in [6.07, 6.45) is 0. The van der Waals surface area contributed by atoms with Crippen molar-refractivity contribution in [2.24, 2.45) is 0 Å². The minimum Gasteiger partial charge on any atom is -0.358 e. The fourth-order valence-electron chi connectivity index (χ4n) is 0.940. The number of rotatable bonds is 0. The molecular formula is C16H20V2W-2. The Labute approximate surface area is 157 Å². The van der Waals surface area contributed by atoms with Crippen molar-refractivity contribution in [3.63, 3.8) is 0 Å². The Morgan fingerprint density at radius 2 is 0.842 bits per heavy atom. The predicted octanol–water partition coefficient (Wildman–Crippen LogP) is 4.48. The van der Waals surface area contributed by atoms with Crippen LogP contribution in [0.4, 0.5) is 0 Å². The second-order valence-corrected chi connectivity index (χ2v) is 3.15. The van der Waals surface area contributed by atoms with Gasteiger partial charge in [0.2, 0.25) is 0 Å². The summed E-state index contributed by atoms with van der Waals surface area (Å²) >= 11 is 0. The van der Waals surface area contributed by atoms with Gasteiger partial charge in [-0.25, -0.2) is 0 Å². The Kier molecular flexibility index (Phi) is 34.3. The van der Waals surface area contributed by atoms with Gasteiger partial charge in [-0.05, 0) is 0 Å². The van der Waals surface area contributed by atoms with Crippen molar-refractivity contribution >= 4 is 0 Å². The van der Waals surface area contributed by atoms with Crippen LogP contribution in [-0.2, 0) is 58.2 Å². The number of hydrogen-bond donors (Lipinski definition) is 0. The van der Waals surface area contributed by atoms with Gasteiger partial charge < -0.3 is 14.9 Å². The molecule has 0 aromatic heterocycles. The predicted molar refractivity (Wildman–Crippen MR) is 72.9 cm³/mol. The van der Waals surface area contributed by atoms with Crippen molar-refractivity contribution in [2.45, 2.75) is 13.8 Å². The second-order valence-electron chi connectivity index (χ2n) is 3.15. The van der Waals surface area contributed by atoms with E-state index in [1.54, 1.807) is 0 Å². The first-order valence-corrected chi connectivity index (χ1v) is 4.64. The van der Waals surface area contributed by atoms with Crippen LogP contribution in [0.1, 0.15) is 11.1 Å². The standard InChI is InChI=1S/2C7H7.2CH3.2V.W/c2*1-7-5-3-2-4-6-7;;;;;/h2*3-6H,1H3;2*1H3;;;/q4*-1;;;+2. The van der Waals surface area contributed by atoms with Crippen LogP contribution in [0.15, 0.2) is 48.5 Å². The Morgan fingerprint density at radius 3 is 0.947 bits per heavy atom. The summed E-state index contributed by atoms with van der Waals surface area (Å²) in [6, 6.07) is 21.6. The summed E-state index contributed by atoms with van der Waals surface area (Å²) in [5.74, 6) is 0. The van der Waals surface area contributed by atoms with Crippen LogP contribution >= 0.6 is 0 Å². The van der Waals surface area contributed by atoms with E-state index in [1.165, 1.54) is 11.1 Å². The van der Waals surface area contributed by atoms with Crippen LogP contribution in [0, 0.1) is 40.8 Å².